The molecule has 1 aromatic heterocycles. The molecule has 0 radical (unpaired) electrons. The van der Waals surface area contributed by atoms with E-state index in [4.69, 9.17) is 16.7 Å². The molecule has 2 amide bonds. The summed E-state index contributed by atoms with van der Waals surface area (Å²) in [5.74, 6) is -0.628. The highest BCUT2D eigenvalue weighted by Crippen LogP contribution is 2.26. The van der Waals surface area contributed by atoms with Gasteiger partial charge in [0.05, 0.1) is 15.5 Å². The number of amides is 2. The molecule has 3 N–H and O–H groups in total. The number of halogens is 1. The number of aromatic nitrogens is 1. The minimum Gasteiger partial charge on any atom is -0.478 e. The summed E-state index contributed by atoms with van der Waals surface area (Å²) in [6.07, 6.45) is 2.35. The number of nitrogens with one attached hydrogen (secondary N) is 2. The highest BCUT2D eigenvalue weighted by molar-refractivity contribution is 7.90. The first kappa shape index (κ1) is 20.9. The zero-order valence-electron chi connectivity index (χ0n) is 15.2. The SMILES string of the molecule is O=C(NC1CCN(c2ncc(C(=O)O)cc2Cl)CC1)NS(=O)(=O)c1ccccc1. The molecule has 1 saturated heterocycles. The Hall–Kier alpha value is -2.85. The van der Waals surface area contributed by atoms with Crippen LogP contribution >= 0.6 is 11.6 Å². The van der Waals surface area contributed by atoms with Gasteiger partial charge in [0.1, 0.15) is 5.82 Å². The Bertz CT molecular complexity index is 1010. The number of aromatic carboxylic acids is 1. The van der Waals surface area contributed by atoms with Crippen LogP contribution in [0.4, 0.5) is 10.6 Å². The van der Waals surface area contributed by atoms with E-state index in [2.05, 4.69) is 10.3 Å². The van der Waals surface area contributed by atoms with E-state index < -0.39 is 22.0 Å². The second-order valence-electron chi connectivity index (χ2n) is 6.49. The molecule has 0 unspecified atom stereocenters. The summed E-state index contributed by atoms with van der Waals surface area (Å²) < 4.78 is 26.4. The zero-order chi connectivity index (χ0) is 21.0. The van der Waals surface area contributed by atoms with Crippen molar-refractivity contribution in [2.45, 2.75) is 23.8 Å². The molecule has 1 aliphatic rings. The molecule has 0 aliphatic carbocycles. The second-order valence-corrected chi connectivity index (χ2v) is 8.58. The number of anilines is 1. The van der Waals surface area contributed by atoms with Gasteiger partial charge >= 0.3 is 12.0 Å². The number of hydrogen-bond acceptors (Lipinski definition) is 6. The summed E-state index contributed by atoms with van der Waals surface area (Å²) >= 11 is 6.14. The average molecular weight is 439 g/mol. The van der Waals surface area contributed by atoms with Crippen LogP contribution in [0.3, 0.4) is 0 Å². The smallest absolute Gasteiger partial charge is 0.337 e. The Morgan fingerprint density at radius 2 is 1.83 bits per heavy atom. The molecule has 2 heterocycles. The Balaban J connectivity index is 1.55. The van der Waals surface area contributed by atoms with Crippen LogP contribution in [-0.2, 0) is 10.0 Å². The fourth-order valence-electron chi connectivity index (χ4n) is 3.01. The van der Waals surface area contributed by atoms with E-state index in [0.29, 0.717) is 31.7 Å². The van der Waals surface area contributed by atoms with Crippen molar-refractivity contribution in [3.05, 3.63) is 53.2 Å². The van der Waals surface area contributed by atoms with E-state index >= 15 is 0 Å². The topological polar surface area (TPSA) is 129 Å². The maximum absolute atomic E-state index is 12.2. The first-order valence-electron chi connectivity index (χ1n) is 8.78. The van der Waals surface area contributed by atoms with Crippen LogP contribution < -0.4 is 14.9 Å². The predicted octanol–water partition coefficient (Wildman–Crippen LogP) is 2.09. The summed E-state index contributed by atoms with van der Waals surface area (Å²) in [7, 11) is -3.93. The summed E-state index contributed by atoms with van der Waals surface area (Å²) in [5.41, 5.74) is 0.00611. The number of benzene rings is 1. The predicted molar refractivity (Wildman–Crippen MR) is 107 cm³/mol. The average Bonchev–Trinajstić information content (AvgIpc) is 2.69. The minimum atomic E-state index is -3.93. The standard InChI is InChI=1S/C18H19ClN4O5S/c19-15-10-12(17(24)25)11-20-16(15)23-8-6-13(7-9-23)21-18(26)22-29(27,28)14-4-2-1-3-5-14/h1-5,10-11,13H,6-9H2,(H,24,25)(H2,21,22,26). The van der Waals surface area contributed by atoms with Crippen molar-refractivity contribution in [1.29, 1.82) is 0 Å². The molecule has 1 aromatic carbocycles. The van der Waals surface area contributed by atoms with Crippen LogP contribution in [0, 0.1) is 0 Å². The van der Waals surface area contributed by atoms with Gasteiger partial charge in [-0.3, -0.25) is 0 Å². The van der Waals surface area contributed by atoms with Gasteiger partial charge in [-0.25, -0.2) is 27.7 Å². The van der Waals surface area contributed by atoms with Gasteiger partial charge in [-0.2, -0.15) is 0 Å². The number of carbonyl (C=O) groups excluding carboxylic acids is 1. The van der Waals surface area contributed by atoms with Crippen LogP contribution in [0.2, 0.25) is 5.02 Å². The molecular weight excluding hydrogens is 420 g/mol. The maximum Gasteiger partial charge on any atom is 0.337 e. The van der Waals surface area contributed by atoms with Crippen LogP contribution in [0.25, 0.3) is 0 Å². The molecule has 29 heavy (non-hydrogen) atoms. The van der Waals surface area contributed by atoms with E-state index in [-0.39, 0.29) is 21.5 Å². The number of hydrogen-bond donors (Lipinski definition) is 3. The normalized spacial score (nSPS) is 15.0. The van der Waals surface area contributed by atoms with Gasteiger partial charge in [0.25, 0.3) is 10.0 Å². The van der Waals surface area contributed by atoms with Crippen LogP contribution in [-0.4, -0.2) is 49.6 Å². The van der Waals surface area contributed by atoms with Gasteiger partial charge < -0.3 is 15.3 Å². The van der Waals surface area contributed by atoms with Crippen molar-refractivity contribution in [2.75, 3.05) is 18.0 Å². The highest BCUT2D eigenvalue weighted by Gasteiger charge is 2.25. The zero-order valence-corrected chi connectivity index (χ0v) is 16.8. The highest BCUT2D eigenvalue weighted by atomic mass is 35.5. The molecule has 0 saturated carbocycles. The van der Waals surface area contributed by atoms with E-state index in [9.17, 15) is 18.0 Å². The van der Waals surface area contributed by atoms with Gasteiger partial charge in [-0.15, -0.1) is 0 Å². The molecule has 0 atom stereocenters. The molecule has 11 heteroatoms. The lowest BCUT2D eigenvalue weighted by atomic mass is 10.1. The third kappa shape index (κ3) is 5.15. The lowest BCUT2D eigenvalue weighted by Crippen LogP contribution is -2.49. The number of piperidine rings is 1. The Morgan fingerprint density at radius 3 is 2.41 bits per heavy atom. The fourth-order valence-corrected chi connectivity index (χ4v) is 4.23. The largest absolute Gasteiger partial charge is 0.478 e. The monoisotopic (exact) mass is 438 g/mol. The molecule has 1 fully saturated rings. The number of rotatable bonds is 5. The number of carboxylic acids is 1. The quantitative estimate of drug-likeness (QED) is 0.651. The third-order valence-electron chi connectivity index (χ3n) is 4.48. The molecule has 2 aromatic rings. The third-order valence-corrected chi connectivity index (χ3v) is 6.10. The lowest BCUT2D eigenvalue weighted by molar-refractivity contribution is 0.0696. The number of carboxylic acid groups (broad SMARTS) is 1. The van der Waals surface area contributed by atoms with Crippen LogP contribution in [0.5, 0.6) is 0 Å². The first-order valence-corrected chi connectivity index (χ1v) is 10.6. The number of sulfonamides is 1. The molecular formula is C18H19ClN4O5S. The minimum absolute atomic E-state index is 0.00611. The van der Waals surface area contributed by atoms with E-state index in [1.54, 1.807) is 18.2 Å². The van der Waals surface area contributed by atoms with Crippen molar-refractivity contribution in [3.63, 3.8) is 0 Å². The fraction of sp³-hybridized carbons (Fsp3) is 0.278. The lowest BCUT2D eigenvalue weighted by Gasteiger charge is -2.33. The Kier molecular flexibility index (Phi) is 6.23. The van der Waals surface area contributed by atoms with Gasteiger partial charge in [-0.05, 0) is 31.0 Å². The number of nitrogens with zero attached hydrogens (tertiary/aromatic N) is 2. The molecule has 9 nitrogen and oxygen atoms in total. The van der Waals surface area contributed by atoms with Gasteiger partial charge in [0.2, 0.25) is 0 Å². The van der Waals surface area contributed by atoms with Crippen molar-refractivity contribution in [2.24, 2.45) is 0 Å². The van der Waals surface area contributed by atoms with Gasteiger partial charge in [0.15, 0.2) is 0 Å². The molecule has 154 valence electrons. The molecule has 1 aliphatic heterocycles. The number of urea groups is 1. The van der Waals surface area contributed by atoms with Crippen LogP contribution in [0.1, 0.15) is 23.2 Å². The summed E-state index contributed by atoms with van der Waals surface area (Å²) in [6, 6.07) is 7.99. The number of pyridine rings is 1. The van der Waals surface area contributed by atoms with Gasteiger partial charge in [0, 0.05) is 25.3 Å². The van der Waals surface area contributed by atoms with E-state index in [1.165, 1.54) is 24.4 Å². The summed E-state index contributed by atoms with van der Waals surface area (Å²) in [6.45, 7) is 1.05. The summed E-state index contributed by atoms with van der Waals surface area (Å²) in [5, 5.41) is 11.9. The van der Waals surface area contributed by atoms with Crippen molar-refractivity contribution in [1.82, 2.24) is 15.0 Å². The first-order chi connectivity index (χ1) is 13.8. The molecule has 3 rings (SSSR count). The number of carbonyl (C=O) groups is 2. The molecule has 0 spiro atoms. The van der Waals surface area contributed by atoms with Gasteiger partial charge in [-0.1, -0.05) is 29.8 Å². The van der Waals surface area contributed by atoms with E-state index in [0.717, 1.165) is 0 Å². The van der Waals surface area contributed by atoms with E-state index in [1.807, 2.05) is 9.62 Å². The van der Waals surface area contributed by atoms with Crippen LogP contribution in [0.15, 0.2) is 47.5 Å². The molecule has 0 bridgehead atoms. The van der Waals surface area contributed by atoms with Crippen molar-refractivity contribution >= 4 is 39.4 Å². The van der Waals surface area contributed by atoms with Crippen molar-refractivity contribution < 1.29 is 23.1 Å². The van der Waals surface area contributed by atoms with Crippen molar-refractivity contribution in [3.8, 4) is 0 Å². The Labute approximate surface area is 172 Å². The summed E-state index contributed by atoms with van der Waals surface area (Å²) in [4.78, 5) is 29.1. The maximum atomic E-state index is 12.2. The second kappa shape index (κ2) is 8.66. The Morgan fingerprint density at radius 1 is 1.17 bits per heavy atom.